The van der Waals surface area contributed by atoms with Crippen LogP contribution in [0.25, 0.3) is 0 Å². The number of rotatable bonds is 3. The van der Waals surface area contributed by atoms with Crippen LogP contribution in [0.4, 0.5) is 0 Å². The zero-order valence-electron chi connectivity index (χ0n) is 11.6. The minimum atomic E-state index is -0.311. The summed E-state index contributed by atoms with van der Waals surface area (Å²) in [7, 11) is 0. The maximum absolute atomic E-state index is 6.47. The maximum atomic E-state index is 6.47. The summed E-state index contributed by atoms with van der Waals surface area (Å²) in [6.07, 6.45) is 0. The molecule has 3 nitrogen and oxygen atoms in total. The fraction of sp³-hybridized carbons (Fsp3) is 0.600. The Morgan fingerprint density at radius 3 is 2.61 bits per heavy atom. The molecule has 1 aliphatic heterocycles. The van der Waals surface area contributed by atoms with E-state index in [0.29, 0.717) is 0 Å². The molecule has 0 aromatic heterocycles. The van der Waals surface area contributed by atoms with Gasteiger partial charge in [0.2, 0.25) is 0 Å². The molecule has 1 atom stereocenters. The number of hydrogen-bond donors (Lipinski definition) is 1. The smallest absolute Gasteiger partial charge is 0.0753 e. The van der Waals surface area contributed by atoms with Crippen molar-refractivity contribution in [2.24, 2.45) is 5.73 Å². The van der Waals surface area contributed by atoms with Crippen LogP contribution < -0.4 is 5.73 Å². The number of hydrogen-bond acceptors (Lipinski definition) is 3. The molecule has 0 radical (unpaired) electrons. The molecule has 3 heteroatoms. The Morgan fingerprint density at radius 2 is 2.00 bits per heavy atom. The lowest BCUT2D eigenvalue weighted by atomic mass is 9.92. The molecular weight excluding hydrogens is 224 g/mol. The van der Waals surface area contributed by atoms with Gasteiger partial charge in [-0.25, -0.2) is 0 Å². The highest BCUT2D eigenvalue weighted by atomic mass is 16.5. The van der Waals surface area contributed by atoms with Crippen LogP contribution in [-0.2, 0) is 10.3 Å². The SMILES string of the molecule is CC1(C)CN(CC(C)(N)c2ccccc2)CCO1. The number of morpholine rings is 1. The Balaban J connectivity index is 2.04. The van der Waals surface area contributed by atoms with Crippen molar-refractivity contribution >= 4 is 0 Å². The van der Waals surface area contributed by atoms with Gasteiger partial charge in [-0.1, -0.05) is 30.3 Å². The van der Waals surface area contributed by atoms with Gasteiger partial charge in [0, 0.05) is 19.6 Å². The summed E-state index contributed by atoms with van der Waals surface area (Å²) < 4.78 is 5.73. The summed E-state index contributed by atoms with van der Waals surface area (Å²) in [5, 5.41) is 0. The molecule has 0 spiro atoms. The van der Waals surface area contributed by atoms with Gasteiger partial charge in [0.1, 0.15) is 0 Å². The molecule has 0 saturated carbocycles. The molecule has 0 amide bonds. The second kappa shape index (κ2) is 5.00. The predicted molar refractivity (Wildman–Crippen MR) is 74.5 cm³/mol. The molecular formula is C15H24N2O. The molecule has 1 fully saturated rings. The van der Waals surface area contributed by atoms with Gasteiger partial charge in [-0.15, -0.1) is 0 Å². The monoisotopic (exact) mass is 248 g/mol. The lowest BCUT2D eigenvalue weighted by Gasteiger charge is -2.41. The van der Waals surface area contributed by atoms with Gasteiger partial charge in [0.15, 0.2) is 0 Å². The molecule has 18 heavy (non-hydrogen) atoms. The molecule has 1 aromatic rings. The molecule has 100 valence electrons. The molecule has 2 rings (SSSR count). The third kappa shape index (κ3) is 3.31. The quantitative estimate of drug-likeness (QED) is 0.889. The first-order valence-electron chi connectivity index (χ1n) is 6.60. The fourth-order valence-corrected chi connectivity index (χ4v) is 2.62. The van der Waals surface area contributed by atoms with E-state index >= 15 is 0 Å². The molecule has 1 unspecified atom stereocenters. The van der Waals surface area contributed by atoms with E-state index in [4.69, 9.17) is 10.5 Å². The van der Waals surface area contributed by atoms with E-state index in [1.807, 2.05) is 18.2 Å². The number of benzene rings is 1. The van der Waals surface area contributed by atoms with Crippen LogP contribution in [-0.4, -0.2) is 36.7 Å². The van der Waals surface area contributed by atoms with Crippen LogP contribution in [0.1, 0.15) is 26.3 Å². The molecule has 0 aliphatic carbocycles. The standard InChI is InChI=1S/C15H24N2O/c1-14(2)11-17(9-10-18-14)12-15(3,16)13-7-5-4-6-8-13/h4-8H,9-12,16H2,1-3H3. The van der Waals surface area contributed by atoms with Crippen molar-refractivity contribution in [3.63, 3.8) is 0 Å². The van der Waals surface area contributed by atoms with Crippen molar-refractivity contribution in [1.29, 1.82) is 0 Å². The van der Waals surface area contributed by atoms with Gasteiger partial charge in [0.25, 0.3) is 0 Å². The van der Waals surface area contributed by atoms with E-state index in [1.54, 1.807) is 0 Å². The highest BCUT2D eigenvalue weighted by Crippen LogP contribution is 2.22. The zero-order chi connectivity index (χ0) is 13.2. The van der Waals surface area contributed by atoms with Gasteiger partial charge in [-0.2, -0.15) is 0 Å². The highest BCUT2D eigenvalue weighted by Gasteiger charge is 2.31. The fourth-order valence-electron chi connectivity index (χ4n) is 2.62. The highest BCUT2D eigenvalue weighted by molar-refractivity contribution is 5.23. The molecule has 1 aliphatic rings. The average molecular weight is 248 g/mol. The second-order valence-corrected chi connectivity index (χ2v) is 6.10. The number of nitrogens with two attached hydrogens (primary N) is 1. The van der Waals surface area contributed by atoms with E-state index in [0.717, 1.165) is 26.2 Å². The summed E-state index contributed by atoms with van der Waals surface area (Å²) in [6, 6.07) is 10.3. The van der Waals surface area contributed by atoms with E-state index in [2.05, 4.69) is 37.8 Å². The van der Waals surface area contributed by atoms with Crippen LogP contribution in [0.5, 0.6) is 0 Å². The number of nitrogens with zero attached hydrogens (tertiary/aromatic N) is 1. The Morgan fingerprint density at radius 1 is 1.33 bits per heavy atom. The van der Waals surface area contributed by atoms with Crippen molar-refractivity contribution < 1.29 is 4.74 Å². The summed E-state index contributed by atoms with van der Waals surface area (Å²) >= 11 is 0. The second-order valence-electron chi connectivity index (χ2n) is 6.10. The zero-order valence-corrected chi connectivity index (χ0v) is 11.6. The Bertz CT molecular complexity index is 387. The van der Waals surface area contributed by atoms with Crippen LogP contribution in [0, 0.1) is 0 Å². The molecule has 1 aromatic carbocycles. The first-order chi connectivity index (χ1) is 8.39. The molecule has 1 saturated heterocycles. The van der Waals surface area contributed by atoms with Crippen LogP contribution in [0.15, 0.2) is 30.3 Å². The third-order valence-electron chi connectivity index (χ3n) is 3.49. The van der Waals surface area contributed by atoms with Crippen LogP contribution in [0.2, 0.25) is 0 Å². The van der Waals surface area contributed by atoms with Crippen molar-refractivity contribution in [2.45, 2.75) is 31.9 Å². The third-order valence-corrected chi connectivity index (χ3v) is 3.49. The van der Waals surface area contributed by atoms with Gasteiger partial charge in [-0.05, 0) is 26.3 Å². The lowest BCUT2D eigenvalue weighted by Crippen LogP contribution is -2.54. The van der Waals surface area contributed by atoms with E-state index in [-0.39, 0.29) is 11.1 Å². The van der Waals surface area contributed by atoms with E-state index in [1.165, 1.54) is 5.56 Å². The lowest BCUT2D eigenvalue weighted by molar-refractivity contribution is -0.0897. The van der Waals surface area contributed by atoms with Crippen molar-refractivity contribution in [3.8, 4) is 0 Å². The van der Waals surface area contributed by atoms with Crippen LogP contribution in [0.3, 0.4) is 0 Å². The Hall–Kier alpha value is -0.900. The average Bonchev–Trinajstić information content (AvgIpc) is 2.28. The molecule has 1 heterocycles. The van der Waals surface area contributed by atoms with Crippen molar-refractivity contribution in [2.75, 3.05) is 26.2 Å². The van der Waals surface area contributed by atoms with Gasteiger partial charge in [-0.3, -0.25) is 4.90 Å². The summed E-state index contributed by atoms with van der Waals surface area (Å²) in [5.41, 5.74) is 7.29. The van der Waals surface area contributed by atoms with Gasteiger partial charge in [0.05, 0.1) is 17.7 Å². The maximum Gasteiger partial charge on any atom is 0.0753 e. The molecule has 2 N–H and O–H groups in total. The number of ether oxygens (including phenoxy) is 1. The van der Waals surface area contributed by atoms with Crippen molar-refractivity contribution in [1.82, 2.24) is 4.90 Å². The molecule has 0 bridgehead atoms. The summed E-state index contributed by atoms with van der Waals surface area (Å²) in [4.78, 5) is 2.40. The predicted octanol–water partition coefficient (Wildman–Crippen LogP) is 1.97. The Kier molecular flexibility index (Phi) is 3.76. The van der Waals surface area contributed by atoms with E-state index < -0.39 is 0 Å². The summed E-state index contributed by atoms with van der Waals surface area (Å²) in [6.45, 7) is 9.92. The van der Waals surface area contributed by atoms with Gasteiger partial charge >= 0.3 is 0 Å². The first kappa shape index (κ1) is 13.5. The largest absolute Gasteiger partial charge is 0.373 e. The van der Waals surface area contributed by atoms with E-state index in [9.17, 15) is 0 Å². The van der Waals surface area contributed by atoms with Crippen molar-refractivity contribution in [3.05, 3.63) is 35.9 Å². The Labute approximate surface area is 110 Å². The normalized spacial score (nSPS) is 23.6. The first-order valence-corrected chi connectivity index (χ1v) is 6.60. The minimum absolute atomic E-state index is 0.0645. The minimum Gasteiger partial charge on any atom is -0.373 e. The summed E-state index contributed by atoms with van der Waals surface area (Å²) in [5.74, 6) is 0. The topological polar surface area (TPSA) is 38.5 Å². The van der Waals surface area contributed by atoms with Crippen LogP contribution >= 0.6 is 0 Å². The van der Waals surface area contributed by atoms with Gasteiger partial charge < -0.3 is 10.5 Å².